The molecule has 0 spiro atoms. The second kappa shape index (κ2) is 6.86. The molecule has 0 saturated heterocycles. The highest BCUT2D eigenvalue weighted by molar-refractivity contribution is 5.73. The zero-order chi connectivity index (χ0) is 12.0. The summed E-state index contributed by atoms with van der Waals surface area (Å²) in [6, 6.07) is 0.660. The van der Waals surface area contributed by atoms with E-state index in [9.17, 15) is 4.79 Å². The molecule has 0 heterocycles. The van der Waals surface area contributed by atoms with Crippen molar-refractivity contribution < 1.29 is 9.90 Å². The van der Waals surface area contributed by atoms with E-state index in [1.165, 1.54) is 12.8 Å². The van der Waals surface area contributed by atoms with Gasteiger partial charge in [-0.1, -0.05) is 19.8 Å². The fourth-order valence-electron chi connectivity index (χ4n) is 2.66. The van der Waals surface area contributed by atoms with Gasteiger partial charge in [0.15, 0.2) is 0 Å². The first-order valence-electron chi connectivity index (χ1n) is 6.31. The summed E-state index contributed by atoms with van der Waals surface area (Å²) < 4.78 is 0. The lowest BCUT2D eigenvalue weighted by Gasteiger charge is -2.39. The highest BCUT2D eigenvalue weighted by Crippen LogP contribution is 2.23. The first-order valence-corrected chi connectivity index (χ1v) is 6.31. The average Bonchev–Trinajstić information content (AvgIpc) is 2.26. The van der Waals surface area contributed by atoms with Gasteiger partial charge in [-0.25, -0.2) is 0 Å². The van der Waals surface area contributed by atoms with Crippen LogP contribution in [-0.2, 0) is 4.79 Å². The third-order valence-electron chi connectivity index (χ3n) is 3.38. The Morgan fingerprint density at radius 2 is 2.12 bits per heavy atom. The third kappa shape index (κ3) is 3.76. The number of carbonyl (C=O) groups is 1. The van der Waals surface area contributed by atoms with E-state index in [0.29, 0.717) is 12.6 Å². The number of likely N-dealkylation sites (N-methyl/N-ethyl adjacent to an activating group) is 1. The van der Waals surface area contributed by atoms with Gasteiger partial charge in [-0.05, 0) is 19.4 Å². The average molecular weight is 228 g/mol. The molecule has 94 valence electrons. The topological polar surface area (TPSA) is 52.6 Å². The van der Waals surface area contributed by atoms with Gasteiger partial charge in [0.05, 0.1) is 6.61 Å². The van der Waals surface area contributed by atoms with Gasteiger partial charge in [0.1, 0.15) is 0 Å². The summed E-state index contributed by atoms with van der Waals surface area (Å²) in [4.78, 5) is 13.4. The van der Waals surface area contributed by atoms with Crippen molar-refractivity contribution in [2.75, 3.05) is 19.7 Å². The second-order valence-corrected chi connectivity index (χ2v) is 4.51. The van der Waals surface area contributed by atoms with Crippen molar-refractivity contribution in [3.05, 3.63) is 0 Å². The number of aliphatic hydroxyl groups excluding tert-OH is 1. The molecule has 2 atom stereocenters. The molecular formula is C12H24N2O2. The largest absolute Gasteiger partial charge is 0.395 e. The van der Waals surface area contributed by atoms with Gasteiger partial charge in [0, 0.05) is 25.6 Å². The first kappa shape index (κ1) is 13.5. The Labute approximate surface area is 98.0 Å². The molecular weight excluding hydrogens is 204 g/mol. The summed E-state index contributed by atoms with van der Waals surface area (Å²) >= 11 is 0. The van der Waals surface area contributed by atoms with Crippen LogP contribution in [0, 0.1) is 0 Å². The molecule has 4 nitrogen and oxygen atoms in total. The van der Waals surface area contributed by atoms with Crippen LogP contribution in [0.3, 0.4) is 0 Å². The van der Waals surface area contributed by atoms with Crippen molar-refractivity contribution in [3.8, 4) is 0 Å². The first-order chi connectivity index (χ1) is 7.69. The molecule has 0 aliphatic heterocycles. The Bertz CT molecular complexity index is 221. The van der Waals surface area contributed by atoms with Gasteiger partial charge in [-0.2, -0.15) is 0 Å². The minimum atomic E-state index is 0.0527. The van der Waals surface area contributed by atoms with Crippen molar-refractivity contribution in [2.24, 2.45) is 0 Å². The van der Waals surface area contributed by atoms with Crippen molar-refractivity contribution in [1.29, 1.82) is 0 Å². The van der Waals surface area contributed by atoms with E-state index in [1.54, 1.807) is 6.92 Å². The molecule has 0 aromatic rings. The normalized spacial score (nSPS) is 25.8. The van der Waals surface area contributed by atoms with E-state index in [4.69, 9.17) is 5.11 Å². The number of carbonyl (C=O) groups excluding carboxylic acids is 1. The van der Waals surface area contributed by atoms with Crippen LogP contribution in [0.1, 0.15) is 39.5 Å². The Morgan fingerprint density at radius 1 is 1.44 bits per heavy atom. The zero-order valence-corrected chi connectivity index (χ0v) is 10.4. The molecule has 1 aliphatic rings. The van der Waals surface area contributed by atoms with Crippen LogP contribution >= 0.6 is 0 Å². The lowest BCUT2D eigenvalue weighted by atomic mass is 9.89. The molecule has 0 bridgehead atoms. The van der Waals surface area contributed by atoms with Gasteiger partial charge >= 0.3 is 0 Å². The van der Waals surface area contributed by atoms with Crippen LogP contribution in [0.2, 0.25) is 0 Å². The van der Waals surface area contributed by atoms with E-state index in [2.05, 4.69) is 17.1 Å². The van der Waals surface area contributed by atoms with E-state index < -0.39 is 0 Å². The molecule has 1 aliphatic carbocycles. The molecule has 1 fully saturated rings. The molecule has 16 heavy (non-hydrogen) atoms. The van der Waals surface area contributed by atoms with Crippen molar-refractivity contribution in [2.45, 2.75) is 51.6 Å². The predicted molar refractivity (Wildman–Crippen MR) is 64.2 cm³/mol. The zero-order valence-electron chi connectivity index (χ0n) is 10.4. The summed E-state index contributed by atoms with van der Waals surface area (Å²) in [6.45, 7) is 5.51. The maximum absolute atomic E-state index is 11.1. The highest BCUT2D eigenvalue weighted by atomic mass is 16.3. The summed E-state index contributed by atoms with van der Waals surface area (Å²) in [5, 5.41) is 12.1. The lowest BCUT2D eigenvalue weighted by Crippen LogP contribution is -2.53. The van der Waals surface area contributed by atoms with E-state index >= 15 is 0 Å². The van der Waals surface area contributed by atoms with Gasteiger partial charge in [0.2, 0.25) is 5.91 Å². The predicted octanol–water partition coefficient (Wildman–Crippen LogP) is 0.748. The molecule has 4 heteroatoms. The van der Waals surface area contributed by atoms with Crippen LogP contribution in [0.15, 0.2) is 0 Å². The highest BCUT2D eigenvalue weighted by Gasteiger charge is 2.29. The maximum Gasteiger partial charge on any atom is 0.217 e. The van der Waals surface area contributed by atoms with E-state index in [0.717, 1.165) is 19.4 Å². The molecule has 1 amide bonds. The number of hydrogen-bond donors (Lipinski definition) is 2. The van der Waals surface area contributed by atoms with Crippen molar-refractivity contribution in [1.82, 2.24) is 10.2 Å². The van der Waals surface area contributed by atoms with E-state index in [1.807, 2.05) is 0 Å². The van der Waals surface area contributed by atoms with Crippen LogP contribution in [0.4, 0.5) is 0 Å². The second-order valence-electron chi connectivity index (χ2n) is 4.51. The molecule has 0 aromatic carbocycles. The van der Waals surface area contributed by atoms with Gasteiger partial charge in [0.25, 0.3) is 0 Å². The summed E-state index contributed by atoms with van der Waals surface area (Å²) in [7, 11) is 0. The molecule has 2 N–H and O–H groups in total. The number of aliphatic hydroxyl groups is 1. The fourth-order valence-corrected chi connectivity index (χ4v) is 2.66. The van der Waals surface area contributed by atoms with Crippen LogP contribution < -0.4 is 5.32 Å². The van der Waals surface area contributed by atoms with Crippen LogP contribution in [0.5, 0.6) is 0 Å². The lowest BCUT2D eigenvalue weighted by molar-refractivity contribution is -0.120. The van der Waals surface area contributed by atoms with Crippen molar-refractivity contribution >= 4 is 5.91 Å². The Hall–Kier alpha value is -0.610. The quantitative estimate of drug-likeness (QED) is 0.730. The minimum absolute atomic E-state index is 0.0527. The number of amides is 1. The van der Waals surface area contributed by atoms with Crippen molar-refractivity contribution in [3.63, 3.8) is 0 Å². The van der Waals surface area contributed by atoms with Crippen LogP contribution in [-0.4, -0.2) is 47.7 Å². The smallest absolute Gasteiger partial charge is 0.217 e. The summed E-state index contributed by atoms with van der Waals surface area (Å²) in [6.07, 6.45) is 4.60. The van der Waals surface area contributed by atoms with Crippen LogP contribution in [0.25, 0.3) is 0 Å². The number of nitrogens with zero attached hydrogens (tertiary/aromatic N) is 1. The minimum Gasteiger partial charge on any atom is -0.395 e. The van der Waals surface area contributed by atoms with Gasteiger partial charge < -0.3 is 10.4 Å². The molecule has 1 rings (SSSR count). The Kier molecular flexibility index (Phi) is 5.77. The summed E-state index contributed by atoms with van der Waals surface area (Å²) in [5.41, 5.74) is 0. The third-order valence-corrected chi connectivity index (χ3v) is 3.38. The van der Waals surface area contributed by atoms with E-state index in [-0.39, 0.29) is 18.6 Å². The SMILES string of the molecule is CCN(CCO)[C@@H]1CCCC[C@H]1NC(C)=O. The standard InChI is InChI=1S/C12H24N2O2/c1-3-14(8-9-15)12-7-5-4-6-11(12)13-10(2)16/h11-12,15H,3-9H2,1-2H3,(H,13,16)/t11-,12-/m1/s1. The fraction of sp³-hybridized carbons (Fsp3) is 0.917. The Morgan fingerprint density at radius 3 is 2.69 bits per heavy atom. The number of nitrogens with one attached hydrogen (secondary N) is 1. The van der Waals surface area contributed by atoms with Gasteiger partial charge in [-0.3, -0.25) is 9.69 Å². The van der Waals surface area contributed by atoms with Gasteiger partial charge in [-0.15, -0.1) is 0 Å². The summed E-state index contributed by atoms with van der Waals surface area (Å²) in [5.74, 6) is 0.0527. The number of rotatable bonds is 5. The molecule has 0 unspecified atom stereocenters. The monoisotopic (exact) mass is 228 g/mol. The molecule has 1 saturated carbocycles. The number of hydrogen-bond acceptors (Lipinski definition) is 3. The molecule has 0 aromatic heterocycles. The maximum atomic E-state index is 11.1. The molecule has 0 radical (unpaired) electrons. The Balaban J connectivity index is 2.60.